The molecule has 116 valence electrons. The number of anilines is 1. The smallest absolute Gasteiger partial charge is 0.295 e. The minimum atomic E-state index is -0.532. The Bertz CT molecular complexity index is 665. The molecular weight excluding hydrogens is 284 g/mol. The number of carbonyl (C=O) groups is 1. The molecule has 0 fully saturated rings. The van der Waals surface area contributed by atoms with Gasteiger partial charge >= 0.3 is 0 Å². The van der Waals surface area contributed by atoms with Gasteiger partial charge in [-0.2, -0.15) is 0 Å². The van der Waals surface area contributed by atoms with Crippen LogP contribution in [0.1, 0.15) is 29.9 Å². The number of nitrogens with zero attached hydrogens (tertiary/aromatic N) is 4. The lowest BCUT2D eigenvalue weighted by atomic mass is 10.2. The number of aromatic nitrogens is 3. The average Bonchev–Trinajstić information content (AvgIpc) is 2.87. The monoisotopic (exact) mass is 302 g/mol. The van der Waals surface area contributed by atoms with Crippen LogP contribution in [0, 0.1) is 0 Å². The van der Waals surface area contributed by atoms with Crippen molar-refractivity contribution in [3.8, 4) is 0 Å². The SMILES string of the molecule is CCO/C(C)=N\NC(=O)c1nnn(Cc2ccccc2)c1N. The average molecular weight is 302 g/mol. The zero-order valence-corrected chi connectivity index (χ0v) is 12.5. The first kappa shape index (κ1) is 15.5. The molecule has 0 saturated carbocycles. The maximum absolute atomic E-state index is 12.0. The molecule has 0 aliphatic carbocycles. The highest BCUT2D eigenvalue weighted by Gasteiger charge is 2.17. The van der Waals surface area contributed by atoms with Crippen LogP contribution in [0.25, 0.3) is 0 Å². The fourth-order valence-electron chi connectivity index (χ4n) is 1.78. The first-order valence-corrected chi connectivity index (χ1v) is 6.82. The first-order valence-electron chi connectivity index (χ1n) is 6.82. The van der Waals surface area contributed by atoms with Crippen LogP contribution >= 0.6 is 0 Å². The highest BCUT2D eigenvalue weighted by atomic mass is 16.5. The van der Waals surface area contributed by atoms with E-state index in [1.807, 2.05) is 37.3 Å². The number of hydrazone groups is 1. The maximum atomic E-state index is 12.0. The Kier molecular flexibility index (Phi) is 5.07. The summed E-state index contributed by atoms with van der Waals surface area (Å²) in [5.74, 6) is 0.00702. The second-order valence-corrected chi connectivity index (χ2v) is 4.47. The van der Waals surface area contributed by atoms with Gasteiger partial charge in [-0.05, 0) is 12.5 Å². The molecule has 2 aromatic rings. The molecule has 0 unspecified atom stereocenters. The summed E-state index contributed by atoms with van der Waals surface area (Å²) in [6.07, 6.45) is 0. The van der Waals surface area contributed by atoms with Crippen molar-refractivity contribution in [2.24, 2.45) is 5.10 Å². The molecule has 1 aromatic carbocycles. The van der Waals surface area contributed by atoms with Crippen LogP contribution in [0.4, 0.5) is 5.82 Å². The van der Waals surface area contributed by atoms with E-state index in [4.69, 9.17) is 10.5 Å². The zero-order valence-electron chi connectivity index (χ0n) is 12.5. The van der Waals surface area contributed by atoms with E-state index >= 15 is 0 Å². The van der Waals surface area contributed by atoms with Crippen molar-refractivity contribution in [2.45, 2.75) is 20.4 Å². The maximum Gasteiger partial charge on any atom is 0.295 e. The molecule has 1 aromatic heterocycles. The summed E-state index contributed by atoms with van der Waals surface area (Å²) in [7, 11) is 0. The van der Waals surface area contributed by atoms with E-state index in [-0.39, 0.29) is 11.5 Å². The van der Waals surface area contributed by atoms with E-state index in [0.717, 1.165) is 5.56 Å². The third-order valence-corrected chi connectivity index (χ3v) is 2.83. The second kappa shape index (κ2) is 7.21. The standard InChI is InChI=1S/C14H18N6O2/c1-3-22-10(2)16-18-14(21)12-13(15)20(19-17-12)9-11-7-5-4-6-8-11/h4-8H,3,9,15H2,1-2H3,(H,18,21)/b16-10-. The number of amides is 1. The van der Waals surface area contributed by atoms with Crippen molar-refractivity contribution in [3.05, 3.63) is 41.6 Å². The molecule has 2 rings (SSSR count). The predicted molar refractivity (Wildman–Crippen MR) is 82.2 cm³/mol. The molecule has 0 atom stereocenters. The van der Waals surface area contributed by atoms with Crippen molar-refractivity contribution in [1.82, 2.24) is 20.4 Å². The molecule has 3 N–H and O–H groups in total. The van der Waals surface area contributed by atoms with E-state index in [0.29, 0.717) is 19.0 Å². The number of nitrogens with one attached hydrogen (secondary N) is 1. The van der Waals surface area contributed by atoms with E-state index < -0.39 is 5.91 Å². The summed E-state index contributed by atoms with van der Waals surface area (Å²) in [5, 5.41) is 11.5. The first-order chi connectivity index (χ1) is 10.6. The van der Waals surface area contributed by atoms with Crippen LogP contribution in [0.15, 0.2) is 35.4 Å². The molecule has 0 aliphatic heterocycles. The lowest BCUT2D eigenvalue weighted by Crippen LogP contribution is -2.21. The van der Waals surface area contributed by atoms with Crippen LogP contribution in [0.3, 0.4) is 0 Å². The highest BCUT2D eigenvalue weighted by molar-refractivity contribution is 5.96. The minimum absolute atomic E-state index is 0.0315. The Balaban J connectivity index is 2.07. The number of nitrogen functional groups attached to an aromatic ring is 1. The summed E-state index contributed by atoms with van der Waals surface area (Å²) < 4.78 is 6.57. The third-order valence-electron chi connectivity index (χ3n) is 2.83. The summed E-state index contributed by atoms with van der Waals surface area (Å²) in [6.45, 7) is 4.38. The van der Waals surface area contributed by atoms with Crippen LogP contribution < -0.4 is 11.2 Å². The molecule has 0 spiro atoms. The van der Waals surface area contributed by atoms with Gasteiger partial charge in [0.2, 0.25) is 5.90 Å². The molecule has 22 heavy (non-hydrogen) atoms. The number of rotatable bonds is 5. The fourth-order valence-corrected chi connectivity index (χ4v) is 1.78. The number of ether oxygens (including phenoxy) is 1. The Morgan fingerprint density at radius 1 is 1.41 bits per heavy atom. The van der Waals surface area contributed by atoms with Gasteiger partial charge in [-0.25, -0.2) is 10.1 Å². The van der Waals surface area contributed by atoms with Crippen LogP contribution in [0.2, 0.25) is 0 Å². The van der Waals surface area contributed by atoms with E-state index in [1.54, 1.807) is 6.92 Å². The van der Waals surface area contributed by atoms with Crippen LogP contribution in [-0.4, -0.2) is 33.4 Å². The Morgan fingerprint density at radius 3 is 2.82 bits per heavy atom. The van der Waals surface area contributed by atoms with Gasteiger partial charge in [-0.1, -0.05) is 35.5 Å². The number of benzene rings is 1. The predicted octanol–water partition coefficient (Wildman–Crippen LogP) is 1.01. The molecule has 8 nitrogen and oxygen atoms in total. The van der Waals surface area contributed by atoms with Crippen molar-refractivity contribution in [1.29, 1.82) is 0 Å². The Morgan fingerprint density at radius 2 is 2.14 bits per heavy atom. The second-order valence-electron chi connectivity index (χ2n) is 4.47. The van der Waals surface area contributed by atoms with Gasteiger partial charge in [0.05, 0.1) is 13.2 Å². The number of carbonyl (C=O) groups excluding carboxylic acids is 1. The van der Waals surface area contributed by atoms with Crippen LogP contribution in [-0.2, 0) is 11.3 Å². The lowest BCUT2D eigenvalue weighted by Gasteiger charge is -2.04. The van der Waals surface area contributed by atoms with Crippen molar-refractivity contribution >= 4 is 17.6 Å². The van der Waals surface area contributed by atoms with Gasteiger partial charge in [0.25, 0.3) is 5.91 Å². The summed E-state index contributed by atoms with van der Waals surface area (Å²) in [5.41, 5.74) is 9.29. The van der Waals surface area contributed by atoms with Crippen molar-refractivity contribution < 1.29 is 9.53 Å². The van der Waals surface area contributed by atoms with Gasteiger partial charge in [0.15, 0.2) is 11.5 Å². The summed E-state index contributed by atoms with van der Waals surface area (Å²) in [6, 6.07) is 9.64. The van der Waals surface area contributed by atoms with Crippen molar-refractivity contribution in [2.75, 3.05) is 12.3 Å². The molecule has 0 radical (unpaired) electrons. The fraction of sp³-hybridized carbons (Fsp3) is 0.286. The van der Waals surface area contributed by atoms with Gasteiger partial charge in [0, 0.05) is 6.92 Å². The number of nitrogens with two attached hydrogens (primary N) is 1. The molecule has 8 heteroatoms. The summed E-state index contributed by atoms with van der Waals surface area (Å²) in [4.78, 5) is 12.0. The molecule has 0 saturated heterocycles. The van der Waals surface area contributed by atoms with E-state index in [9.17, 15) is 4.79 Å². The van der Waals surface area contributed by atoms with Crippen LogP contribution in [0.5, 0.6) is 0 Å². The normalized spacial score (nSPS) is 11.3. The van der Waals surface area contributed by atoms with E-state index in [1.165, 1.54) is 4.68 Å². The molecule has 0 aliphatic rings. The lowest BCUT2D eigenvalue weighted by molar-refractivity contribution is 0.0949. The van der Waals surface area contributed by atoms with Gasteiger partial charge in [-0.15, -0.1) is 10.2 Å². The highest BCUT2D eigenvalue weighted by Crippen LogP contribution is 2.10. The quantitative estimate of drug-likeness (QED) is 0.487. The molecule has 0 bridgehead atoms. The van der Waals surface area contributed by atoms with Crippen molar-refractivity contribution in [3.63, 3.8) is 0 Å². The topological polar surface area (TPSA) is 107 Å². The van der Waals surface area contributed by atoms with Gasteiger partial charge < -0.3 is 10.5 Å². The van der Waals surface area contributed by atoms with Gasteiger partial charge in [-0.3, -0.25) is 4.79 Å². The zero-order chi connectivity index (χ0) is 15.9. The van der Waals surface area contributed by atoms with Gasteiger partial charge in [0.1, 0.15) is 0 Å². The number of hydrogen-bond acceptors (Lipinski definition) is 6. The number of hydrogen-bond donors (Lipinski definition) is 2. The Hall–Kier alpha value is -2.90. The minimum Gasteiger partial charge on any atom is -0.480 e. The molecular formula is C14H18N6O2. The van der Waals surface area contributed by atoms with E-state index in [2.05, 4.69) is 20.8 Å². The third kappa shape index (κ3) is 3.81. The largest absolute Gasteiger partial charge is 0.480 e. The Labute approximate surface area is 128 Å². The molecule has 1 heterocycles. The molecule has 1 amide bonds. The summed E-state index contributed by atoms with van der Waals surface area (Å²) >= 11 is 0.